The lowest BCUT2D eigenvalue weighted by Crippen LogP contribution is -2.26. The number of nitrogens with one attached hydrogen (secondary N) is 2. The first-order valence-electron chi connectivity index (χ1n) is 8.75. The molecule has 2 N–H and O–H groups in total. The molecular weight excluding hydrogens is 328 g/mol. The van der Waals surface area contributed by atoms with Gasteiger partial charge in [-0.3, -0.25) is 9.59 Å². The van der Waals surface area contributed by atoms with Crippen molar-refractivity contribution in [1.82, 2.24) is 10.6 Å². The summed E-state index contributed by atoms with van der Waals surface area (Å²) in [4.78, 5) is 23.7. The highest BCUT2D eigenvalue weighted by Crippen LogP contribution is 2.19. The van der Waals surface area contributed by atoms with Crippen molar-refractivity contribution in [2.75, 3.05) is 13.2 Å². The second-order valence-electron chi connectivity index (χ2n) is 6.16. The molecule has 1 saturated carbocycles. The maximum absolute atomic E-state index is 11.9. The van der Waals surface area contributed by atoms with E-state index in [1.165, 1.54) is 6.08 Å². The van der Waals surface area contributed by atoms with Gasteiger partial charge in [0.2, 0.25) is 5.91 Å². The van der Waals surface area contributed by atoms with Crippen LogP contribution in [0.25, 0.3) is 6.08 Å². The van der Waals surface area contributed by atoms with E-state index >= 15 is 0 Å². The zero-order valence-electron chi connectivity index (χ0n) is 14.5. The van der Waals surface area contributed by atoms with Crippen molar-refractivity contribution < 1.29 is 14.3 Å². The molecule has 5 nitrogen and oxygen atoms in total. The van der Waals surface area contributed by atoms with Gasteiger partial charge in [0.05, 0.1) is 6.54 Å². The van der Waals surface area contributed by atoms with Crippen LogP contribution >= 0.6 is 0 Å². The third-order valence-electron chi connectivity index (χ3n) is 3.93. The van der Waals surface area contributed by atoms with Gasteiger partial charge in [-0.1, -0.05) is 30.3 Å². The Kier molecular flexibility index (Phi) is 6.04. The fourth-order valence-electron chi connectivity index (χ4n) is 2.33. The largest absolute Gasteiger partial charge is 0.492 e. The molecule has 0 aliphatic heterocycles. The van der Waals surface area contributed by atoms with Crippen LogP contribution in [-0.2, 0) is 4.79 Å². The molecule has 0 atom stereocenters. The molecule has 1 aliphatic carbocycles. The van der Waals surface area contributed by atoms with E-state index in [9.17, 15) is 9.59 Å². The third-order valence-corrected chi connectivity index (χ3v) is 3.93. The van der Waals surface area contributed by atoms with Crippen molar-refractivity contribution in [1.29, 1.82) is 0 Å². The van der Waals surface area contributed by atoms with Crippen LogP contribution in [0.5, 0.6) is 5.75 Å². The molecule has 0 spiro atoms. The fraction of sp³-hybridized carbons (Fsp3) is 0.238. The predicted octanol–water partition coefficient (Wildman–Crippen LogP) is 2.79. The summed E-state index contributed by atoms with van der Waals surface area (Å²) >= 11 is 0. The van der Waals surface area contributed by atoms with Crippen LogP contribution in [0, 0.1) is 0 Å². The van der Waals surface area contributed by atoms with E-state index in [4.69, 9.17) is 4.74 Å². The number of carbonyl (C=O) groups is 2. The second-order valence-corrected chi connectivity index (χ2v) is 6.16. The van der Waals surface area contributed by atoms with Gasteiger partial charge in [-0.05, 0) is 48.7 Å². The number of amides is 2. The molecule has 2 aromatic carbocycles. The first kappa shape index (κ1) is 17.7. The summed E-state index contributed by atoms with van der Waals surface area (Å²) in [5.41, 5.74) is 1.50. The molecule has 0 heterocycles. The Labute approximate surface area is 153 Å². The lowest BCUT2D eigenvalue weighted by atomic mass is 10.1. The Morgan fingerprint density at radius 3 is 2.46 bits per heavy atom. The summed E-state index contributed by atoms with van der Waals surface area (Å²) in [7, 11) is 0. The second kappa shape index (κ2) is 8.85. The maximum atomic E-state index is 11.9. The van der Waals surface area contributed by atoms with Gasteiger partial charge in [0.25, 0.3) is 5.91 Å². The van der Waals surface area contributed by atoms with Gasteiger partial charge in [-0.2, -0.15) is 0 Å². The van der Waals surface area contributed by atoms with Gasteiger partial charge < -0.3 is 15.4 Å². The van der Waals surface area contributed by atoms with Crippen molar-refractivity contribution in [3.05, 3.63) is 71.8 Å². The van der Waals surface area contributed by atoms with Crippen molar-refractivity contribution in [2.24, 2.45) is 0 Å². The summed E-state index contributed by atoms with van der Waals surface area (Å²) < 4.78 is 5.51. The molecule has 3 rings (SSSR count). The van der Waals surface area contributed by atoms with Gasteiger partial charge >= 0.3 is 0 Å². The van der Waals surface area contributed by atoms with Gasteiger partial charge in [0.15, 0.2) is 0 Å². The van der Waals surface area contributed by atoms with Crippen LogP contribution in [0.15, 0.2) is 60.7 Å². The number of hydrogen-bond acceptors (Lipinski definition) is 3. The zero-order valence-corrected chi connectivity index (χ0v) is 14.5. The van der Waals surface area contributed by atoms with E-state index in [0.717, 1.165) is 24.2 Å². The molecule has 0 saturated heterocycles. The quantitative estimate of drug-likeness (QED) is 0.568. The minimum Gasteiger partial charge on any atom is -0.492 e. The van der Waals surface area contributed by atoms with Gasteiger partial charge in [0.1, 0.15) is 12.4 Å². The molecule has 1 aliphatic rings. The molecule has 5 heteroatoms. The van der Waals surface area contributed by atoms with Crippen LogP contribution in [0.2, 0.25) is 0 Å². The molecular formula is C21H22N2O3. The molecule has 2 aromatic rings. The number of benzene rings is 2. The highest BCUT2D eigenvalue weighted by atomic mass is 16.5. The van der Waals surface area contributed by atoms with Gasteiger partial charge in [0, 0.05) is 17.7 Å². The molecule has 0 aromatic heterocycles. The zero-order chi connectivity index (χ0) is 18.2. The molecule has 2 amide bonds. The van der Waals surface area contributed by atoms with Crippen LogP contribution in [0.1, 0.15) is 28.8 Å². The summed E-state index contributed by atoms with van der Waals surface area (Å²) in [6, 6.07) is 17.0. The number of rotatable bonds is 8. The van der Waals surface area contributed by atoms with Crippen molar-refractivity contribution >= 4 is 17.9 Å². The Bertz CT molecular complexity index is 766. The first-order valence-corrected chi connectivity index (χ1v) is 8.75. The SMILES string of the molecule is O=C(/C=C/c1ccc(C(=O)NC2CC2)cc1)NCCOc1ccccc1. The molecule has 1 fully saturated rings. The molecule has 134 valence electrons. The van der Waals surface area contributed by atoms with Crippen LogP contribution in [0.3, 0.4) is 0 Å². The molecule has 0 bridgehead atoms. The van der Waals surface area contributed by atoms with E-state index < -0.39 is 0 Å². The number of ether oxygens (including phenoxy) is 1. The predicted molar refractivity (Wildman–Crippen MR) is 101 cm³/mol. The fourth-order valence-corrected chi connectivity index (χ4v) is 2.33. The average Bonchev–Trinajstić information content (AvgIpc) is 3.49. The number of carbonyl (C=O) groups excluding carboxylic acids is 2. The van der Waals surface area contributed by atoms with Gasteiger partial charge in [-0.15, -0.1) is 0 Å². The monoisotopic (exact) mass is 350 g/mol. The smallest absolute Gasteiger partial charge is 0.251 e. The first-order chi connectivity index (χ1) is 12.7. The molecule has 0 unspecified atom stereocenters. The highest BCUT2D eigenvalue weighted by molar-refractivity contribution is 5.95. The minimum absolute atomic E-state index is 0.0424. The normalized spacial score (nSPS) is 13.4. The minimum atomic E-state index is -0.183. The summed E-state index contributed by atoms with van der Waals surface area (Å²) in [5, 5.41) is 5.71. The Morgan fingerprint density at radius 2 is 1.77 bits per heavy atom. The van der Waals surface area contributed by atoms with Crippen molar-refractivity contribution in [3.8, 4) is 5.75 Å². The molecule has 26 heavy (non-hydrogen) atoms. The van der Waals surface area contributed by atoms with Crippen molar-refractivity contribution in [2.45, 2.75) is 18.9 Å². The van der Waals surface area contributed by atoms with E-state index in [1.54, 1.807) is 18.2 Å². The number of para-hydroxylation sites is 1. The topological polar surface area (TPSA) is 67.4 Å². The third kappa shape index (κ3) is 5.77. The van der Waals surface area contributed by atoms with Crippen LogP contribution in [-0.4, -0.2) is 31.0 Å². The van der Waals surface area contributed by atoms with Crippen molar-refractivity contribution in [3.63, 3.8) is 0 Å². The Morgan fingerprint density at radius 1 is 1.04 bits per heavy atom. The molecule has 0 radical (unpaired) electrons. The standard InChI is InChI=1S/C21H22N2O3/c24-20(22-14-15-26-19-4-2-1-3-5-19)13-8-16-6-9-17(10-7-16)21(25)23-18-11-12-18/h1-10,13,18H,11-12,14-15H2,(H,22,24)(H,23,25)/b13-8+. The summed E-state index contributed by atoms with van der Waals surface area (Å²) in [6.07, 6.45) is 5.33. The van der Waals surface area contributed by atoms with E-state index in [2.05, 4.69) is 10.6 Å². The maximum Gasteiger partial charge on any atom is 0.251 e. The lowest BCUT2D eigenvalue weighted by Gasteiger charge is -2.06. The summed E-state index contributed by atoms with van der Waals surface area (Å²) in [6.45, 7) is 0.840. The Hall–Kier alpha value is -3.08. The number of hydrogen-bond donors (Lipinski definition) is 2. The summed E-state index contributed by atoms with van der Waals surface area (Å²) in [5.74, 6) is 0.555. The van der Waals surface area contributed by atoms with Gasteiger partial charge in [-0.25, -0.2) is 0 Å². The van der Waals surface area contributed by atoms with E-state index in [1.807, 2.05) is 42.5 Å². The average molecular weight is 350 g/mol. The highest BCUT2D eigenvalue weighted by Gasteiger charge is 2.23. The van der Waals surface area contributed by atoms with E-state index in [-0.39, 0.29) is 11.8 Å². The lowest BCUT2D eigenvalue weighted by molar-refractivity contribution is -0.116. The van der Waals surface area contributed by atoms with E-state index in [0.29, 0.717) is 24.8 Å². The van der Waals surface area contributed by atoms with Crippen LogP contribution < -0.4 is 15.4 Å². The van der Waals surface area contributed by atoms with Crippen LogP contribution in [0.4, 0.5) is 0 Å². The Balaban J connectivity index is 1.39.